The molecule has 0 aliphatic carbocycles. The van der Waals surface area contributed by atoms with E-state index < -0.39 is 4.92 Å². The van der Waals surface area contributed by atoms with E-state index in [1.54, 1.807) is 42.5 Å². The number of rotatable bonds is 8. The van der Waals surface area contributed by atoms with Crippen LogP contribution in [-0.2, 0) is 0 Å². The number of carbonyl (C=O) groups is 1. The molecule has 9 heteroatoms. The lowest BCUT2D eigenvalue weighted by Crippen LogP contribution is -2.17. The predicted molar refractivity (Wildman–Crippen MR) is 116 cm³/mol. The number of nitro groups is 1. The highest BCUT2D eigenvalue weighted by Gasteiger charge is 2.13. The molecule has 2 aromatic carbocycles. The van der Waals surface area contributed by atoms with Crippen molar-refractivity contribution in [3.63, 3.8) is 0 Å². The molecule has 154 valence electrons. The molecule has 0 fully saturated rings. The van der Waals surface area contributed by atoms with Gasteiger partial charge in [0.05, 0.1) is 17.7 Å². The average Bonchev–Trinajstić information content (AvgIpc) is 3.21. The molecule has 0 atom stereocenters. The summed E-state index contributed by atoms with van der Waals surface area (Å²) in [7, 11) is 0. The third-order valence-corrected chi connectivity index (χ3v) is 4.66. The van der Waals surface area contributed by atoms with Crippen LogP contribution in [0.25, 0.3) is 11.3 Å². The Labute approximate surface area is 180 Å². The number of nitrogens with one attached hydrogen (secondary N) is 1. The topological polar surface area (TPSA) is 107 Å². The summed E-state index contributed by atoms with van der Waals surface area (Å²) in [6.07, 6.45) is 2.28. The van der Waals surface area contributed by atoms with Crippen LogP contribution < -0.4 is 10.2 Å². The van der Waals surface area contributed by atoms with E-state index in [2.05, 4.69) is 26.5 Å². The number of ether oxygens (including phenoxy) is 1. The molecule has 0 bridgehead atoms. The smallest absolute Gasteiger partial charge is 0.271 e. The molecule has 30 heavy (non-hydrogen) atoms. The average molecular weight is 472 g/mol. The number of nitrogens with zero attached hydrogens (tertiary/aromatic N) is 2. The van der Waals surface area contributed by atoms with Crippen LogP contribution in [0.15, 0.2) is 68.6 Å². The van der Waals surface area contributed by atoms with Gasteiger partial charge in [0, 0.05) is 27.7 Å². The van der Waals surface area contributed by atoms with Crippen molar-refractivity contribution in [3.05, 3.63) is 80.5 Å². The van der Waals surface area contributed by atoms with Gasteiger partial charge in [-0.3, -0.25) is 14.9 Å². The van der Waals surface area contributed by atoms with Gasteiger partial charge in [-0.1, -0.05) is 6.92 Å². The molecule has 0 radical (unpaired) electrons. The minimum absolute atomic E-state index is 0.0216. The Morgan fingerprint density at radius 3 is 2.67 bits per heavy atom. The second-order valence-electron chi connectivity index (χ2n) is 6.20. The molecule has 0 saturated heterocycles. The molecule has 8 nitrogen and oxygen atoms in total. The molecule has 0 unspecified atom stereocenters. The number of halogens is 1. The van der Waals surface area contributed by atoms with Gasteiger partial charge in [0.15, 0.2) is 0 Å². The highest BCUT2D eigenvalue weighted by molar-refractivity contribution is 9.10. The van der Waals surface area contributed by atoms with Gasteiger partial charge < -0.3 is 9.15 Å². The van der Waals surface area contributed by atoms with Gasteiger partial charge in [-0.05, 0) is 64.8 Å². The Hall–Kier alpha value is -3.46. The van der Waals surface area contributed by atoms with E-state index in [4.69, 9.17) is 9.15 Å². The summed E-state index contributed by atoms with van der Waals surface area (Å²) in [6.45, 7) is 2.64. The first kappa shape index (κ1) is 21.3. The summed E-state index contributed by atoms with van der Waals surface area (Å²) < 4.78 is 11.7. The lowest BCUT2D eigenvalue weighted by atomic mass is 10.1. The molecular weight excluding hydrogens is 454 g/mol. The Balaban J connectivity index is 1.62. The summed E-state index contributed by atoms with van der Waals surface area (Å²) in [6, 6.07) is 14.6. The summed E-state index contributed by atoms with van der Waals surface area (Å²) in [5.74, 6) is 1.27. The monoisotopic (exact) mass is 471 g/mol. The Morgan fingerprint density at radius 1 is 1.23 bits per heavy atom. The van der Waals surface area contributed by atoms with Crippen LogP contribution in [0.3, 0.4) is 0 Å². The van der Waals surface area contributed by atoms with Gasteiger partial charge in [0.2, 0.25) is 0 Å². The van der Waals surface area contributed by atoms with Crippen LogP contribution in [0.2, 0.25) is 0 Å². The molecule has 1 aromatic heterocycles. The molecular formula is C21H18BrN3O5. The zero-order valence-corrected chi connectivity index (χ0v) is 17.6. The van der Waals surface area contributed by atoms with Gasteiger partial charge in [-0.2, -0.15) is 5.10 Å². The van der Waals surface area contributed by atoms with E-state index in [0.717, 1.165) is 6.42 Å². The van der Waals surface area contributed by atoms with E-state index >= 15 is 0 Å². The molecule has 0 spiro atoms. The number of hydrazone groups is 1. The number of non-ortho nitro benzene ring substituents is 1. The number of furan rings is 1. The summed E-state index contributed by atoms with van der Waals surface area (Å²) in [5.41, 5.74) is 3.53. The van der Waals surface area contributed by atoms with E-state index in [9.17, 15) is 14.9 Å². The van der Waals surface area contributed by atoms with Crippen molar-refractivity contribution in [2.75, 3.05) is 6.61 Å². The maximum atomic E-state index is 12.2. The van der Waals surface area contributed by atoms with Crippen molar-refractivity contribution in [2.45, 2.75) is 13.3 Å². The zero-order valence-electron chi connectivity index (χ0n) is 16.0. The van der Waals surface area contributed by atoms with Crippen LogP contribution in [0.5, 0.6) is 5.75 Å². The molecule has 1 N–H and O–H groups in total. The molecule has 1 amide bonds. The van der Waals surface area contributed by atoms with Crippen molar-refractivity contribution in [3.8, 4) is 17.1 Å². The Morgan fingerprint density at radius 2 is 2.00 bits per heavy atom. The Kier molecular flexibility index (Phi) is 6.97. The Bertz CT molecular complexity index is 1080. The van der Waals surface area contributed by atoms with Crippen molar-refractivity contribution in [1.29, 1.82) is 0 Å². The number of benzene rings is 2. The first-order valence-corrected chi connectivity index (χ1v) is 9.87. The van der Waals surface area contributed by atoms with E-state index in [-0.39, 0.29) is 11.6 Å². The van der Waals surface area contributed by atoms with Crippen LogP contribution in [0.4, 0.5) is 5.69 Å². The maximum Gasteiger partial charge on any atom is 0.271 e. The van der Waals surface area contributed by atoms with Crippen molar-refractivity contribution in [2.24, 2.45) is 5.10 Å². The van der Waals surface area contributed by atoms with E-state index in [0.29, 0.717) is 39.5 Å². The van der Waals surface area contributed by atoms with Gasteiger partial charge in [-0.15, -0.1) is 0 Å². The SMILES string of the molecule is CCCOc1ccc(C(=O)N/N=C/c2ccc(-c3ccc([N+](=O)[O-])cc3Br)o2)cc1. The fraction of sp³-hybridized carbons (Fsp3) is 0.143. The number of hydrogen-bond acceptors (Lipinski definition) is 6. The predicted octanol–water partition coefficient (Wildman–Crippen LogP) is 5.17. The van der Waals surface area contributed by atoms with Crippen LogP contribution >= 0.6 is 15.9 Å². The molecule has 0 aliphatic heterocycles. The molecule has 1 heterocycles. The van der Waals surface area contributed by atoms with Gasteiger partial charge >= 0.3 is 0 Å². The second-order valence-corrected chi connectivity index (χ2v) is 7.05. The van der Waals surface area contributed by atoms with Crippen LogP contribution in [0, 0.1) is 10.1 Å². The summed E-state index contributed by atoms with van der Waals surface area (Å²) in [4.78, 5) is 22.5. The number of amides is 1. The standard InChI is InChI=1S/C21H18BrN3O5/c1-2-11-29-16-6-3-14(4-7-16)21(26)24-23-13-17-8-10-20(30-17)18-9-5-15(25(27)28)12-19(18)22/h3-10,12-13H,2,11H2,1H3,(H,24,26)/b23-13+. The third-order valence-electron chi connectivity index (χ3n) is 4.00. The van der Waals surface area contributed by atoms with Crippen LogP contribution in [0.1, 0.15) is 29.5 Å². The highest BCUT2D eigenvalue weighted by atomic mass is 79.9. The quantitative estimate of drug-likeness (QED) is 0.277. The largest absolute Gasteiger partial charge is 0.494 e. The molecule has 3 rings (SSSR count). The lowest BCUT2D eigenvalue weighted by molar-refractivity contribution is -0.384. The van der Waals surface area contributed by atoms with Gasteiger partial charge in [0.1, 0.15) is 17.3 Å². The molecule has 0 aliphatic rings. The minimum Gasteiger partial charge on any atom is -0.494 e. The van der Waals surface area contributed by atoms with Crippen molar-refractivity contribution < 1.29 is 18.9 Å². The molecule has 3 aromatic rings. The highest BCUT2D eigenvalue weighted by Crippen LogP contribution is 2.32. The lowest BCUT2D eigenvalue weighted by Gasteiger charge is -2.05. The van der Waals surface area contributed by atoms with Gasteiger partial charge in [0.25, 0.3) is 11.6 Å². The normalized spacial score (nSPS) is 10.9. The summed E-state index contributed by atoms with van der Waals surface area (Å²) in [5, 5.41) is 14.7. The first-order valence-electron chi connectivity index (χ1n) is 9.08. The van der Waals surface area contributed by atoms with Crippen molar-refractivity contribution in [1.82, 2.24) is 5.43 Å². The fourth-order valence-corrected chi connectivity index (χ4v) is 3.09. The van der Waals surface area contributed by atoms with Crippen molar-refractivity contribution >= 4 is 33.7 Å². The van der Waals surface area contributed by atoms with E-state index in [1.165, 1.54) is 18.3 Å². The third kappa shape index (κ3) is 5.32. The zero-order chi connectivity index (χ0) is 21.5. The summed E-state index contributed by atoms with van der Waals surface area (Å²) >= 11 is 3.31. The minimum atomic E-state index is -0.469. The number of nitro benzene ring substituents is 1. The maximum absolute atomic E-state index is 12.2. The second kappa shape index (κ2) is 9.84. The first-order chi connectivity index (χ1) is 14.5. The van der Waals surface area contributed by atoms with Crippen LogP contribution in [-0.4, -0.2) is 23.7 Å². The number of hydrogen-bond donors (Lipinski definition) is 1. The van der Waals surface area contributed by atoms with Gasteiger partial charge in [-0.25, -0.2) is 5.43 Å². The van der Waals surface area contributed by atoms with E-state index in [1.807, 2.05) is 6.92 Å². The fourth-order valence-electron chi connectivity index (χ4n) is 2.53. The number of carbonyl (C=O) groups excluding carboxylic acids is 1. The molecule has 0 saturated carbocycles.